The summed E-state index contributed by atoms with van der Waals surface area (Å²) in [5.41, 5.74) is 0. The molecule has 0 unspecified atom stereocenters. The van der Waals surface area contributed by atoms with Crippen molar-refractivity contribution in [1.82, 2.24) is 0 Å². The van der Waals surface area contributed by atoms with Crippen LogP contribution >= 0.6 is 7.26 Å². The highest BCUT2D eigenvalue weighted by Gasteiger charge is 2.41. The first-order chi connectivity index (χ1) is 19.1. The van der Waals surface area contributed by atoms with E-state index in [1.807, 2.05) is 0 Å². The first-order valence-electron chi connectivity index (χ1n) is 16.2. The second-order valence-electron chi connectivity index (χ2n) is 11.3. The van der Waals surface area contributed by atoms with E-state index in [0.717, 1.165) is 6.04 Å². The van der Waals surface area contributed by atoms with Gasteiger partial charge in [-0.15, -0.1) is 10.2 Å². The molecule has 0 rings (SSSR count). The van der Waals surface area contributed by atoms with E-state index in [4.69, 9.17) is 31.9 Å². The van der Waals surface area contributed by atoms with Gasteiger partial charge in [0.25, 0.3) is 0 Å². The first kappa shape index (κ1) is 42.8. The van der Waals surface area contributed by atoms with Crippen molar-refractivity contribution in [1.29, 1.82) is 0 Å². The zero-order valence-corrected chi connectivity index (χ0v) is 29.8. The van der Waals surface area contributed by atoms with Crippen molar-refractivity contribution in [2.75, 3.05) is 46.0 Å². The minimum Gasteiger partial charge on any atom is -0.377 e. The third kappa shape index (κ3) is 27.5. The molecular formula is C30H66ClO7PSi. The highest BCUT2D eigenvalue weighted by Crippen LogP contribution is 2.61. The fraction of sp³-hybridized carbons (Fsp3) is 1.00. The van der Waals surface area contributed by atoms with Gasteiger partial charge in [-0.25, -0.2) is 18.6 Å². The van der Waals surface area contributed by atoms with Gasteiger partial charge in [0.2, 0.25) is 0 Å². The quantitative estimate of drug-likeness (QED) is 0.0626. The van der Waals surface area contributed by atoms with Crippen LogP contribution in [0.25, 0.3) is 0 Å². The van der Waals surface area contributed by atoms with Crippen LogP contribution in [0.15, 0.2) is 0 Å². The largest absolute Gasteiger partial charge is 0.500 e. The molecule has 0 aromatic heterocycles. The molecule has 0 aliphatic heterocycles. The van der Waals surface area contributed by atoms with Crippen LogP contribution in [0, 0.1) is 10.2 Å². The van der Waals surface area contributed by atoms with E-state index in [1.165, 1.54) is 147 Å². The van der Waals surface area contributed by atoms with Crippen LogP contribution in [0.4, 0.5) is 0 Å². The molecule has 0 fully saturated rings. The van der Waals surface area contributed by atoms with Crippen LogP contribution in [-0.4, -0.2) is 54.8 Å². The maximum absolute atomic E-state index is 8.49. The molecule has 40 heavy (non-hydrogen) atoms. The van der Waals surface area contributed by atoms with Gasteiger partial charge in [-0.1, -0.05) is 97.8 Å². The molecule has 0 aliphatic rings. The van der Waals surface area contributed by atoms with Gasteiger partial charge in [-0.3, -0.25) is 0 Å². The van der Waals surface area contributed by atoms with Crippen molar-refractivity contribution in [3.05, 3.63) is 0 Å². The lowest BCUT2D eigenvalue weighted by molar-refractivity contribution is -2.00. The van der Waals surface area contributed by atoms with Crippen molar-refractivity contribution in [3.8, 4) is 0 Å². The smallest absolute Gasteiger partial charge is 0.377 e. The average molecular weight is 633 g/mol. The Morgan fingerprint density at radius 3 is 0.975 bits per heavy atom. The lowest BCUT2D eigenvalue weighted by Gasteiger charge is -2.30. The van der Waals surface area contributed by atoms with E-state index in [-0.39, 0.29) is 0 Å². The lowest BCUT2D eigenvalue weighted by atomic mass is 10.1. The number of unbranched alkanes of at least 4 members (excludes halogenated alkanes) is 15. The summed E-state index contributed by atoms with van der Waals surface area (Å²) in [5, 5.41) is 0. The molecule has 0 saturated carbocycles. The van der Waals surface area contributed by atoms with Gasteiger partial charge >= 0.3 is 8.80 Å². The van der Waals surface area contributed by atoms with Crippen LogP contribution in [0.2, 0.25) is 6.04 Å². The van der Waals surface area contributed by atoms with Crippen LogP contribution in [0.1, 0.15) is 143 Å². The second-order valence-corrected chi connectivity index (χ2v) is 19.6. The van der Waals surface area contributed by atoms with Gasteiger partial charge in [0.1, 0.15) is 0 Å². The standard InChI is InChI=1S/C30H66O3PSi.ClHO4/c1-7-10-13-16-19-22-26-34(27-23-20-17-14-11-8-2,28-24-21-18-15-12-9-3)29-25-30-35(31-4,32-5)33-6;2-1(3,4)5/h7-30H2,1-6H3;(H,2,3,4,5)/q+1;/p-1. The molecule has 7 nitrogen and oxygen atoms in total. The Morgan fingerprint density at radius 1 is 0.450 bits per heavy atom. The van der Waals surface area contributed by atoms with Crippen LogP contribution < -0.4 is 18.6 Å². The zero-order valence-electron chi connectivity index (χ0n) is 27.2. The minimum absolute atomic E-state index is 0.925. The molecule has 0 amide bonds. The van der Waals surface area contributed by atoms with Crippen LogP contribution in [-0.2, 0) is 13.3 Å². The number of halogens is 1. The predicted octanol–water partition coefficient (Wildman–Crippen LogP) is 5.60. The molecule has 244 valence electrons. The second kappa shape index (κ2) is 28.4. The Kier molecular flexibility index (Phi) is 30.4. The molecule has 0 saturated heterocycles. The Balaban J connectivity index is 0. The van der Waals surface area contributed by atoms with Gasteiger partial charge in [0.15, 0.2) is 0 Å². The van der Waals surface area contributed by atoms with Crippen molar-refractivity contribution < 1.29 is 42.2 Å². The summed E-state index contributed by atoms with van der Waals surface area (Å²) < 4.78 is 51.3. The third-order valence-electron chi connectivity index (χ3n) is 8.01. The highest BCUT2D eigenvalue weighted by atomic mass is 35.7. The molecule has 0 heterocycles. The van der Waals surface area contributed by atoms with E-state index < -0.39 is 26.3 Å². The molecule has 0 N–H and O–H groups in total. The summed E-state index contributed by atoms with van der Waals surface area (Å²) >= 11 is 0. The molecule has 0 aromatic carbocycles. The van der Waals surface area contributed by atoms with E-state index in [2.05, 4.69) is 20.8 Å². The molecule has 0 aromatic rings. The summed E-state index contributed by atoms with van der Waals surface area (Å²) in [7, 11) is -3.02. The van der Waals surface area contributed by atoms with Crippen molar-refractivity contribution in [3.63, 3.8) is 0 Å². The van der Waals surface area contributed by atoms with E-state index >= 15 is 0 Å². The van der Waals surface area contributed by atoms with E-state index in [0.29, 0.717) is 0 Å². The molecular weight excluding hydrogens is 567 g/mol. The van der Waals surface area contributed by atoms with Gasteiger partial charge in [0, 0.05) is 34.6 Å². The average Bonchev–Trinajstić information content (AvgIpc) is 2.92. The summed E-state index contributed by atoms with van der Waals surface area (Å²) in [6, 6.07) is 0.974. The number of rotatable bonds is 28. The predicted molar refractivity (Wildman–Crippen MR) is 163 cm³/mol. The Bertz CT molecular complexity index is 468. The maximum Gasteiger partial charge on any atom is 0.500 e. The summed E-state index contributed by atoms with van der Waals surface area (Å²) in [5.74, 6) is 0. The molecule has 0 radical (unpaired) electrons. The fourth-order valence-corrected chi connectivity index (χ4v) is 12.4. The number of hydrogen-bond donors (Lipinski definition) is 0. The highest BCUT2D eigenvalue weighted by molar-refractivity contribution is 7.75. The van der Waals surface area contributed by atoms with Gasteiger partial charge < -0.3 is 13.3 Å². The Morgan fingerprint density at radius 2 is 0.700 bits per heavy atom. The normalized spacial score (nSPS) is 12.4. The molecule has 10 heteroatoms. The monoisotopic (exact) mass is 632 g/mol. The SMILES string of the molecule is CCCCCCCC[P+](CCCCCCCC)(CCCCCCCC)CCC[Si](OC)(OC)OC.[O-][Cl+3]([O-])([O-])[O-]. The first-order valence-corrected chi connectivity index (χ1v) is 21.9. The molecule has 0 spiro atoms. The molecule has 0 bridgehead atoms. The maximum atomic E-state index is 8.49. The summed E-state index contributed by atoms with van der Waals surface area (Å²) in [6.45, 7) is 6.96. The molecule has 0 atom stereocenters. The van der Waals surface area contributed by atoms with E-state index in [1.54, 1.807) is 21.3 Å². The summed E-state index contributed by atoms with van der Waals surface area (Å²) in [6.07, 6.45) is 32.8. The van der Waals surface area contributed by atoms with Gasteiger partial charge in [0.05, 0.1) is 24.6 Å². The number of hydrogen-bond acceptors (Lipinski definition) is 7. The van der Waals surface area contributed by atoms with Crippen LogP contribution in [0.5, 0.6) is 0 Å². The van der Waals surface area contributed by atoms with Crippen molar-refractivity contribution >= 4 is 16.1 Å². The summed E-state index contributed by atoms with van der Waals surface area (Å²) in [4.78, 5) is 0. The van der Waals surface area contributed by atoms with Crippen molar-refractivity contribution in [2.24, 2.45) is 0 Å². The Labute approximate surface area is 252 Å². The van der Waals surface area contributed by atoms with Gasteiger partial charge in [-0.05, 0) is 44.9 Å². The van der Waals surface area contributed by atoms with Crippen molar-refractivity contribution in [2.45, 2.75) is 149 Å². The fourth-order valence-electron chi connectivity index (χ4n) is 5.54. The van der Waals surface area contributed by atoms with Crippen LogP contribution in [0.3, 0.4) is 0 Å². The molecule has 0 aliphatic carbocycles. The van der Waals surface area contributed by atoms with E-state index in [9.17, 15) is 0 Å². The third-order valence-corrected chi connectivity index (χ3v) is 15.9. The zero-order chi connectivity index (χ0) is 30.6. The van der Waals surface area contributed by atoms with Gasteiger partial charge in [-0.2, -0.15) is 0 Å². The lowest BCUT2D eigenvalue weighted by Crippen LogP contribution is -2.68. The minimum atomic E-state index is -4.94. The topological polar surface area (TPSA) is 120 Å². The Hall–Kier alpha value is 0.657.